The molecule has 1 fully saturated rings. The van der Waals surface area contributed by atoms with Crippen LogP contribution in [0, 0.1) is 5.82 Å². The lowest BCUT2D eigenvalue weighted by Crippen LogP contribution is -2.31. The van der Waals surface area contributed by atoms with E-state index < -0.39 is 5.41 Å². The predicted molar refractivity (Wildman–Crippen MR) is 57.1 cm³/mol. The number of rotatable bonds is 2. The van der Waals surface area contributed by atoms with E-state index >= 15 is 0 Å². The Morgan fingerprint density at radius 2 is 1.87 bits per heavy atom. The summed E-state index contributed by atoms with van der Waals surface area (Å²) >= 11 is 0. The van der Waals surface area contributed by atoms with Gasteiger partial charge in [0.15, 0.2) is 0 Å². The summed E-state index contributed by atoms with van der Waals surface area (Å²) in [5.74, 6) is -0.258. The molecule has 0 nitrogen and oxygen atoms in total. The molecule has 1 aliphatic rings. The summed E-state index contributed by atoms with van der Waals surface area (Å²) in [6.45, 7) is -0.365. The summed E-state index contributed by atoms with van der Waals surface area (Å²) in [5.41, 5.74) is 0.435. The van der Waals surface area contributed by atoms with Crippen LogP contribution >= 0.6 is 0 Å². The summed E-state index contributed by atoms with van der Waals surface area (Å²) in [6.07, 6.45) is 5.00. The highest BCUT2D eigenvalue weighted by molar-refractivity contribution is 5.27. The van der Waals surface area contributed by atoms with Gasteiger partial charge in [-0.2, -0.15) is 0 Å². The molecule has 0 aromatic heterocycles. The van der Waals surface area contributed by atoms with Crippen LogP contribution < -0.4 is 0 Å². The van der Waals surface area contributed by atoms with Crippen LogP contribution in [0.4, 0.5) is 8.78 Å². The van der Waals surface area contributed by atoms with Crippen molar-refractivity contribution in [3.8, 4) is 0 Å². The van der Waals surface area contributed by atoms with E-state index in [1.807, 2.05) is 6.07 Å². The Hall–Kier alpha value is -0.920. The van der Waals surface area contributed by atoms with Gasteiger partial charge >= 0.3 is 0 Å². The van der Waals surface area contributed by atoms with Crippen LogP contribution in [0.25, 0.3) is 0 Å². The molecule has 1 saturated carbocycles. The van der Waals surface area contributed by atoms with Gasteiger partial charge in [0.05, 0.1) is 6.67 Å². The van der Waals surface area contributed by atoms with Crippen LogP contribution in [-0.4, -0.2) is 6.67 Å². The summed E-state index contributed by atoms with van der Waals surface area (Å²) in [7, 11) is 0. The molecule has 1 aliphatic carbocycles. The lowest BCUT2D eigenvalue weighted by atomic mass is 9.70. The molecule has 0 N–H and O–H groups in total. The molecule has 2 rings (SSSR count). The molecule has 1 aromatic carbocycles. The van der Waals surface area contributed by atoms with E-state index in [1.165, 1.54) is 18.6 Å². The second-order valence-corrected chi connectivity index (χ2v) is 4.48. The molecular weight excluding hydrogens is 194 g/mol. The Morgan fingerprint density at radius 3 is 2.47 bits per heavy atom. The lowest BCUT2D eigenvalue weighted by molar-refractivity contribution is 0.226. The zero-order valence-corrected chi connectivity index (χ0v) is 8.81. The Morgan fingerprint density at radius 1 is 1.13 bits per heavy atom. The van der Waals surface area contributed by atoms with E-state index in [9.17, 15) is 8.78 Å². The standard InChI is InChI=1S/C13H16F2/c14-10-13(7-2-1-3-8-13)11-5-4-6-12(15)9-11/h4-6,9H,1-3,7-8,10H2. The number of benzene rings is 1. The van der Waals surface area contributed by atoms with Crippen LogP contribution in [0.2, 0.25) is 0 Å². The van der Waals surface area contributed by atoms with Gasteiger partial charge in [-0.15, -0.1) is 0 Å². The summed E-state index contributed by atoms with van der Waals surface area (Å²) < 4.78 is 26.3. The fourth-order valence-electron chi connectivity index (χ4n) is 2.55. The average Bonchev–Trinajstić information content (AvgIpc) is 2.30. The summed E-state index contributed by atoms with van der Waals surface area (Å²) in [6, 6.07) is 6.44. The van der Waals surface area contributed by atoms with Gasteiger partial charge < -0.3 is 0 Å². The topological polar surface area (TPSA) is 0 Å². The third kappa shape index (κ3) is 2.04. The molecular formula is C13H16F2. The van der Waals surface area contributed by atoms with Gasteiger partial charge in [-0.1, -0.05) is 31.4 Å². The SMILES string of the molecule is FCC1(c2cccc(F)c2)CCCCC1. The molecule has 0 saturated heterocycles. The number of halogens is 2. The first-order valence-electron chi connectivity index (χ1n) is 5.59. The second-order valence-electron chi connectivity index (χ2n) is 4.48. The zero-order valence-electron chi connectivity index (χ0n) is 8.81. The summed E-state index contributed by atoms with van der Waals surface area (Å²) in [5, 5.41) is 0. The molecule has 15 heavy (non-hydrogen) atoms. The minimum atomic E-state index is -0.402. The van der Waals surface area contributed by atoms with Crippen LogP contribution in [0.5, 0.6) is 0 Å². The van der Waals surface area contributed by atoms with Gasteiger partial charge in [0, 0.05) is 5.41 Å². The number of hydrogen-bond donors (Lipinski definition) is 0. The molecule has 0 unspecified atom stereocenters. The molecule has 2 heteroatoms. The van der Waals surface area contributed by atoms with Crippen LogP contribution in [0.1, 0.15) is 37.7 Å². The Labute approximate surface area is 89.3 Å². The van der Waals surface area contributed by atoms with Crippen molar-refractivity contribution < 1.29 is 8.78 Å². The Balaban J connectivity index is 2.32. The highest BCUT2D eigenvalue weighted by Gasteiger charge is 2.34. The maximum Gasteiger partial charge on any atom is 0.123 e. The molecule has 0 aliphatic heterocycles. The van der Waals surface area contributed by atoms with Gasteiger partial charge in [0.25, 0.3) is 0 Å². The van der Waals surface area contributed by atoms with Crippen molar-refractivity contribution in [3.63, 3.8) is 0 Å². The van der Waals surface area contributed by atoms with Crippen molar-refractivity contribution in [2.45, 2.75) is 37.5 Å². The third-order valence-corrected chi connectivity index (χ3v) is 3.50. The van der Waals surface area contributed by atoms with E-state index in [-0.39, 0.29) is 12.5 Å². The fourth-order valence-corrected chi connectivity index (χ4v) is 2.55. The van der Waals surface area contributed by atoms with E-state index in [1.54, 1.807) is 6.07 Å². The highest BCUT2D eigenvalue weighted by Crippen LogP contribution is 2.39. The molecule has 82 valence electrons. The quantitative estimate of drug-likeness (QED) is 0.692. The highest BCUT2D eigenvalue weighted by atomic mass is 19.1. The molecule has 0 radical (unpaired) electrons. The second kappa shape index (κ2) is 4.30. The first kappa shape index (κ1) is 10.6. The van der Waals surface area contributed by atoms with Gasteiger partial charge in [0.1, 0.15) is 5.82 Å². The largest absolute Gasteiger partial charge is 0.250 e. The normalized spacial score (nSPS) is 20.1. The van der Waals surface area contributed by atoms with Crippen molar-refractivity contribution >= 4 is 0 Å². The van der Waals surface area contributed by atoms with E-state index in [0.29, 0.717) is 0 Å². The Bertz CT molecular complexity index is 327. The molecule has 0 spiro atoms. The average molecular weight is 210 g/mol. The van der Waals surface area contributed by atoms with Gasteiger partial charge in [-0.05, 0) is 30.5 Å². The lowest BCUT2D eigenvalue weighted by Gasteiger charge is -2.35. The van der Waals surface area contributed by atoms with E-state index in [0.717, 1.165) is 31.2 Å². The van der Waals surface area contributed by atoms with Gasteiger partial charge in [-0.25, -0.2) is 4.39 Å². The number of hydrogen-bond acceptors (Lipinski definition) is 0. The van der Waals surface area contributed by atoms with Crippen LogP contribution in [-0.2, 0) is 5.41 Å². The zero-order chi connectivity index (χ0) is 10.7. The van der Waals surface area contributed by atoms with E-state index in [2.05, 4.69) is 0 Å². The first-order valence-corrected chi connectivity index (χ1v) is 5.59. The van der Waals surface area contributed by atoms with E-state index in [4.69, 9.17) is 0 Å². The monoisotopic (exact) mass is 210 g/mol. The van der Waals surface area contributed by atoms with Crippen molar-refractivity contribution in [1.29, 1.82) is 0 Å². The van der Waals surface area contributed by atoms with Crippen molar-refractivity contribution in [2.24, 2.45) is 0 Å². The minimum absolute atomic E-state index is 0.258. The van der Waals surface area contributed by atoms with Crippen molar-refractivity contribution in [3.05, 3.63) is 35.6 Å². The van der Waals surface area contributed by atoms with Gasteiger partial charge in [-0.3, -0.25) is 4.39 Å². The predicted octanol–water partition coefficient (Wildman–Crippen LogP) is 4.00. The third-order valence-electron chi connectivity index (χ3n) is 3.50. The summed E-state index contributed by atoms with van der Waals surface area (Å²) in [4.78, 5) is 0. The molecule has 0 heterocycles. The minimum Gasteiger partial charge on any atom is -0.250 e. The van der Waals surface area contributed by atoms with Crippen molar-refractivity contribution in [2.75, 3.05) is 6.67 Å². The molecule has 1 aromatic rings. The number of alkyl halides is 1. The maximum absolute atomic E-state index is 13.2. The molecule has 0 amide bonds. The van der Waals surface area contributed by atoms with Gasteiger partial charge in [0.2, 0.25) is 0 Å². The smallest absolute Gasteiger partial charge is 0.123 e. The maximum atomic E-state index is 13.2. The molecule has 0 bridgehead atoms. The fraction of sp³-hybridized carbons (Fsp3) is 0.538. The molecule has 0 atom stereocenters. The van der Waals surface area contributed by atoms with Crippen molar-refractivity contribution in [1.82, 2.24) is 0 Å². The Kier molecular flexibility index (Phi) is 3.03. The first-order chi connectivity index (χ1) is 7.27. The van der Waals surface area contributed by atoms with Crippen LogP contribution in [0.15, 0.2) is 24.3 Å². The van der Waals surface area contributed by atoms with Crippen LogP contribution in [0.3, 0.4) is 0 Å².